The number of methoxy groups -OCH3 is 1. The molecular formula is C12H17N3O4S. The highest BCUT2D eigenvalue weighted by molar-refractivity contribution is 7.99. The highest BCUT2D eigenvalue weighted by Crippen LogP contribution is 2.28. The van der Waals surface area contributed by atoms with Crippen molar-refractivity contribution >= 4 is 23.4 Å². The summed E-state index contributed by atoms with van der Waals surface area (Å²) >= 11 is 1.38. The molecule has 0 aromatic heterocycles. The van der Waals surface area contributed by atoms with Crippen LogP contribution in [-0.4, -0.2) is 36.8 Å². The number of nitrogens with two attached hydrogens (primary N) is 1. The second kappa shape index (κ2) is 8.39. The number of ether oxygens (including phenoxy) is 1. The van der Waals surface area contributed by atoms with Crippen LogP contribution in [0.15, 0.2) is 18.2 Å². The van der Waals surface area contributed by atoms with E-state index in [9.17, 15) is 14.9 Å². The van der Waals surface area contributed by atoms with Crippen LogP contribution in [0, 0.1) is 10.1 Å². The van der Waals surface area contributed by atoms with Gasteiger partial charge in [-0.3, -0.25) is 14.9 Å². The van der Waals surface area contributed by atoms with Crippen molar-refractivity contribution in [1.29, 1.82) is 0 Å². The first-order valence-corrected chi connectivity index (χ1v) is 7.09. The number of nitrogens with one attached hydrogen (secondary N) is 1. The van der Waals surface area contributed by atoms with Crippen LogP contribution in [-0.2, 0) is 10.5 Å². The van der Waals surface area contributed by atoms with E-state index in [2.05, 4.69) is 5.32 Å². The number of carbonyl (C=O) groups is 1. The van der Waals surface area contributed by atoms with E-state index in [1.165, 1.54) is 24.9 Å². The molecule has 0 aliphatic carbocycles. The largest absolute Gasteiger partial charge is 0.490 e. The van der Waals surface area contributed by atoms with Crippen LogP contribution >= 0.6 is 11.8 Å². The van der Waals surface area contributed by atoms with Crippen LogP contribution in [0.4, 0.5) is 5.69 Å². The van der Waals surface area contributed by atoms with Crippen LogP contribution in [0.3, 0.4) is 0 Å². The molecule has 7 nitrogen and oxygen atoms in total. The van der Waals surface area contributed by atoms with Gasteiger partial charge in [-0.2, -0.15) is 0 Å². The zero-order valence-electron chi connectivity index (χ0n) is 11.1. The Labute approximate surface area is 121 Å². The van der Waals surface area contributed by atoms with Crippen molar-refractivity contribution in [3.05, 3.63) is 33.9 Å². The number of amides is 1. The van der Waals surface area contributed by atoms with E-state index in [1.54, 1.807) is 12.1 Å². The Bertz CT molecular complexity index is 482. The smallest absolute Gasteiger partial charge is 0.311 e. The summed E-state index contributed by atoms with van der Waals surface area (Å²) in [5.41, 5.74) is 5.97. The molecule has 110 valence electrons. The van der Waals surface area contributed by atoms with Gasteiger partial charge in [-0.15, -0.1) is 11.8 Å². The summed E-state index contributed by atoms with van der Waals surface area (Å²) in [4.78, 5) is 21.7. The lowest BCUT2D eigenvalue weighted by Gasteiger charge is -2.05. The maximum atomic E-state index is 11.4. The van der Waals surface area contributed by atoms with Crippen molar-refractivity contribution in [3.8, 4) is 5.75 Å². The molecule has 3 N–H and O–H groups in total. The standard InChI is InChI=1S/C12H17N3O4S/c1-19-11-3-2-9(6-10(11)15(17)18)7-20-8-12(16)14-5-4-13/h2-3,6H,4-5,7-8,13H2,1H3,(H,14,16). The number of rotatable bonds is 8. The Morgan fingerprint density at radius 3 is 2.90 bits per heavy atom. The first kappa shape index (κ1) is 16.3. The quantitative estimate of drug-likeness (QED) is 0.546. The zero-order chi connectivity index (χ0) is 15.0. The highest BCUT2D eigenvalue weighted by Gasteiger charge is 2.15. The average Bonchev–Trinajstić information content (AvgIpc) is 2.44. The molecule has 0 atom stereocenters. The molecule has 8 heteroatoms. The Morgan fingerprint density at radius 1 is 1.55 bits per heavy atom. The molecule has 0 saturated heterocycles. The number of hydrogen-bond acceptors (Lipinski definition) is 6. The van der Waals surface area contributed by atoms with Gasteiger partial charge in [0.05, 0.1) is 17.8 Å². The lowest BCUT2D eigenvalue weighted by Crippen LogP contribution is -2.30. The lowest BCUT2D eigenvalue weighted by atomic mass is 10.2. The monoisotopic (exact) mass is 299 g/mol. The van der Waals surface area contributed by atoms with Gasteiger partial charge in [0.2, 0.25) is 5.91 Å². The molecule has 0 bridgehead atoms. The predicted octanol–water partition coefficient (Wildman–Crippen LogP) is 0.911. The molecule has 0 radical (unpaired) electrons. The van der Waals surface area contributed by atoms with Crippen molar-refractivity contribution in [2.45, 2.75) is 5.75 Å². The van der Waals surface area contributed by atoms with Gasteiger partial charge in [0, 0.05) is 24.9 Å². The summed E-state index contributed by atoms with van der Waals surface area (Å²) in [7, 11) is 1.39. The van der Waals surface area contributed by atoms with Crippen molar-refractivity contribution in [1.82, 2.24) is 5.32 Å². The third-order valence-electron chi connectivity index (χ3n) is 2.41. The number of nitro benzene ring substituents is 1. The summed E-state index contributed by atoms with van der Waals surface area (Å²) in [6.45, 7) is 0.856. The molecule has 1 amide bonds. The molecule has 1 aromatic carbocycles. The fourth-order valence-corrected chi connectivity index (χ4v) is 2.30. The average molecular weight is 299 g/mol. The first-order valence-electron chi connectivity index (χ1n) is 5.94. The van der Waals surface area contributed by atoms with Gasteiger partial charge < -0.3 is 15.8 Å². The summed E-state index contributed by atoms with van der Waals surface area (Å²) in [6.07, 6.45) is 0. The van der Waals surface area contributed by atoms with Crippen LogP contribution in [0.25, 0.3) is 0 Å². The van der Waals surface area contributed by atoms with E-state index < -0.39 is 4.92 Å². The SMILES string of the molecule is COc1ccc(CSCC(=O)NCCN)cc1[N+](=O)[O-]. The van der Waals surface area contributed by atoms with Crippen molar-refractivity contribution in [2.24, 2.45) is 5.73 Å². The molecular weight excluding hydrogens is 282 g/mol. The van der Waals surface area contributed by atoms with E-state index in [1.807, 2.05) is 0 Å². The van der Waals surface area contributed by atoms with Crippen molar-refractivity contribution < 1.29 is 14.5 Å². The van der Waals surface area contributed by atoms with E-state index >= 15 is 0 Å². The van der Waals surface area contributed by atoms with Crippen LogP contribution in [0.1, 0.15) is 5.56 Å². The molecule has 0 fully saturated rings. The molecule has 0 aliphatic heterocycles. The van der Waals surface area contributed by atoms with E-state index in [0.717, 1.165) is 5.56 Å². The summed E-state index contributed by atoms with van der Waals surface area (Å²) in [5.74, 6) is 0.939. The number of nitro groups is 1. The normalized spacial score (nSPS) is 10.1. The van der Waals surface area contributed by atoms with Gasteiger partial charge in [0.1, 0.15) is 0 Å². The summed E-state index contributed by atoms with van der Waals surface area (Å²) in [5, 5.41) is 13.5. The Balaban J connectivity index is 2.54. The number of benzene rings is 1. The molecule has 0 saturated carbocycles. The first-order chi connectivity index (χ1) is 9.58. The van der Waals surface area contributed by atoms with Crippen molar-refractivity contribution in [2.75, 3.05) is 26.0 Å². The maximum Gasteiger partial charge on any atom is 0.311 e. The molecule has 0 aliphatic rings. The highest BCUT2D eigenvalue weighted by atomic mass is 32.2. The maximum absolute atomic E-state index is 11.4. The molecule has 0 spiro atoms. The second-order valence-corrected chi connectivity index (χ2v) is 4.88. The third-order valence-corrected chi connectivity index (χ3v) is 3.41. The van der Waals surface area contributed by atoms with Gasteiger partial charge in [0.25, 0.3) is 0 Å². The number of hydrogen-bond donors (Lipinski definition) is 2. The van der Waals surface area contributed by atoms with Crippen molar-refractivity contribution in [3.63, 3.8) is 0 Å². The molecule has 0 unspecified atom stereocenters. The number of thioether (sulfide) groups is 1. The minimum absolute atomic E-state index is 0.0711. The Kier molecular flexibility index (Phi) is 6.82. The topological polar surface area (TPSA) is 107 Å². The third kappa shape index (κ3) is 5.06. The molecule has 1 aromatic rings. The van der Waals surface area contributed by atoms with Gasteiger partial charge in [0.15, 0.2) is 5.75 Å². The second-order valence-electron chi connectivity index (χ2n) is 3.89. The van der Waals surface area contributed by atoms with Gasteiger partial charge in [-0.1, -0.05) is 6.07 Å². The van der Waals surface area contributed by atoms with Gasteiger partial charge in [-0.25, -0.2) is 0 Å². The Hall–Kier alpha value is -1.80. The van der Waals surface area contributed by atoms with Gasteiger partial charge in [-0.05, 0) is 11.6 Å². The molecule has 20 heavy (non-hydrogen) atoms. The minimum Gasteiger partial charge on any atom is -0.490 e. The van der Waals surface area contributed by atoms with E-state index in [0.29, 0.717) is 24.6 Å². The van der Waals surface area contributed by atoms with Gasteiger partial charge >= 0.3 is 5.69 Å². The zero-order valence-corrected chi connectivity index (χ0v) is 11.9. The molecule has 0 heterocycles. The lowest BCUT2D eigenvalue weighted by molar-refractivity contribution is -0.385. The van der Waals surface area contributed by atoms with Crippen LogP contribution in [0.2, 0.25) is 0 Å². The number of nitrogens with zero attached hydrogens (tertiary/aromatic N) is 1. The van der Waals surface area contributed by atoms with Crippen LogP contribution < -0.4 is 15.8 Å². The summed E-state index contributed by atoms with van der Waals surface area (Å²) < 4.78 is 4.92. The Morgan fingerprint density at radius 2 is 2.30 bits per heavy atom. The number of carbonyl (C=O) groups excluding carboxylic acids is 1. The summed E-state index contributed by atoms with van der Waals surface area (Å²) in [6, 6.07) is 4.77. The van der Waals surface area contributed by atoms with E-state index in [4.69, 9.17) is 10.5 Å². The molecule has 1 rings (SSSR count). The van der Waals surface area contributed by atoms with E-state index in [-0.39, 0.29) is 17.3 Å². The fourth-order valence-electron chi connectivity index (χ4n) is 1.49. The minimum atomic E-state index is -0.485. The van der Waals surface area contributed by atoms with Crippen LogP contribution in [0.5, 0.6) is 5.75 Å². The predicted molar refractivity (Wildman–Crippen MR) is 77.9 cm³/mol. The fraction of sp³-hybridized carbons (Fsp3) is 0.417.